The molecule has 1 atom stereocenters. The number of nitrogens with one attached hydrogen (secondary N) is 2. The lowest BCUT2D eigenvalue weighted by molar-refractivity contribution is 0.199. The number of amides is 2. The summed E-state index contributed by atoms with van der Waals surface area (Å²) in [5.41, 5.74) is 1.61. The van der Waals surface area contributed by atoms with Gasteiger partial charge in [-0.15, -0.1) is 0 Å². The molecule has 0 aromatic heterocycles. The maximum Gasteiger partial charge on any atom is 0.319 e. The van der Waals surface area contributed by atoms with Crippen LogP contribution in [0.15, 0.2) is 24.3 Å². The van der Waals surface area contributed by atoms with Gasteiger partial charge in [0.1, 0.15) is 0 Å². The van der Waals surface area contributed by atoms with Gasteiger partial charge in [0.25, 0.3) is 0 Å². The number of anilines is 1. The maximum absolute atomic E-state index is 11.6. The molecule has 0 aliphatic carbocycles. The lowest BCUT2D eigenvalue weighted by Gasteiger charge is -2.19. The third kappa shape index (κ3) is 5.19. The summed E-state index contributed by atoms with van der Waals surface area (Å²) in [4.78, 5) is 11.6. The number of hydrogen-bond acceptors (Lipinski definition) is 2. The molecule has 3 N–H and O–H groups in total. The van der Waals surface area contributed by atoms with Gasteiger partial charge in [0.05, 0.1) is 6.10 Å². The van der Waals surface area contributed by atoms with E-state index in [1.807, 2.05) is 0 Å². The fourth-order valence-corrected chi connectivity index (χ4v) is 1.37. The number of hydrogen-bond donors (Lipinski definition) is 3. The number of benzene rings is 1. The molecule has 1 aromatic rings. The van der Waals surface area contributed by atoms with Crippen molar-refractivity contribution in [2.45, 2.75) is 33.8 Å². The summed E-state index contributed by atoms with van der Waals surface area (Å²) in [5, 5.41) is 14.9. The van der Waals surface area contributed by atoms with Crippen molar-refractivity contribution in [2.24, 2.45) is 5.41 Å². The number of aliphatic hydroxyl groups is 1. The van der Waals surface area contributed by atoms with E-state index in [0.717, 1.165) is 5.56 Å². The number of urea groups is 1. The Labute approximate surface area is 108 Å². The maximum atomic E-state index is 11.6. The molecule has 2 amide bonds. The Kier molecular flexibility index (Phi) is 4.73. The summed E-state index contributed by atoms with van der Waals surface area (Å²) in [7, 11) is 0. The van der Waals surface area contributed by atoms with Gasteiger partial charge in [-0.2, -0.15) is 0 Å². The fourth-order valence-electron chi connectivity index (χ4n) is 1.37. The van der Waals surface area contributed by atoms with Crippen molar-refractivity contribution in [1.29, 1.82) is 0 Å². The molecule has 4 heteroatoms. The molecule has 1 rings (SSSR count). The summed E-state index contributed by atoms with van der Waals surface area (Å²) in [6.07, 6.45) is -0.492. The Morgan fingerprint density at radius 3 is 2.28 bits per heavy atom. The molecule has 0 saturated heterocycles. The van der Waals surface area contributed by atoms with Crippen molar-refractivity contribution < 1.29 is 9.90 Å². The van der Waals surface area contributed by atoms with Crippen LogP contribution in [0.5, 0.6) is 0 Å². The van der Waals surface area contributed by atoms with E-state index < -0.39 is 6.10 Å². The molecule has 100 valence electrons. The molecule has 0 saturated carbocycles. The van der Waals surface area contributed by atoms with Crippen LogP contribution >= 0.6 is 0 Å². The van der Waals surface area contributed by atoms with Gasteiger partial charge >= 0.3 is 6.03 Å². The van der Waals surface area contributed by atoms with Crippen molar-refractivity contribution in [2.75, 3.05) is 11.9 Å². The SMILES string of the molecule is CC(O)c1ccc(NC(=O)NCC(C)(C)C)cc1. The highest BCUT2D eigenvalue weighted by Gasteiger charge is 2.11. The van der Waals surface area contributed by atoms with E-state index in [-0.39, 0.29) is 11.4 Å². The number of carbonyl (C=O) groups excluding carboxylic acids is 1. The first kappa shape index (κ1) is 14.5. The van der Waals surface area contributed by atoms with E-state index in [1.165, 1.54) is 0 Å². The highest BCUT2D eigenvalue weighted by molar-refractivity contribution is 5.89. The van der Waals surface area contributed by atoms with Crippen LogP contribution in [0.1, 0.15) is 39.4 Å². The zero-order valence-electron chi connectivity index (χ0n) is 11.4. The van der Waals surface area contributed by atoms with Gasteiger partial charge in [-0.3, -0.25) is 0 Å². The van der Waals surface area contributed by atoms with Crippen molar-refractivity contribution in [3.05, 3.63) is 29.8 Å². The Balaban J connectivity index is 2.50. The third-order valence-electron chi connectivity index (χ3n) is 2.43. The lowest BCUT2D eigenvalue weighted by Crippen LogP contribution is -2.35. The van der Waals surface area contributed by atoms with E-state index in [1.54, 1.807) is 31.2 Å². The summed E-state index contributed by atoms with van der Waals surface area (Å²) >= 11 is 0. The van der Waals surface area contributed by atoms with Crippen LogP contribution < -0.4 is 10.6 Å². The van der Waals surface area contributed by atoms with Gasteiger partial charge in [-0.1, -0.05) is 32.9 Å². The second-order valence-corrected chi connectivity index (χ2v) is 5.67. The standard InChI is InChI=1S/C14H22N2O2/c1-10(17)11-5-7-12(8-6-11)16-13(18)15-9-14(2,3)4/h5-8,10,17H,9H2,1-4H3,(H2,15,16,18). The van der Waals surface area contributed by atoms with E-state index in [9.17, 15) is 9.90 Å². The normalized spacial score (nSPS) is 12.9. The smallest absolute Gasteiger partial charge is 0.319 e. The van der Waals surface area contributed by atoms with Crippen LogP contribution in [-0.2, 0) is 0 Å². The molecule has 18 heavy (non-hydrogen) atoms. The Morgan fingerprint density at radius 1 is 1.28 bits per heavy atom. The summed E-state index contributed by atoms with van der Waals surface area (Å²) in [6.45, 7) is 8.50. The summed E-state index contributed by atoms with van der Waals surface area (Å²) in [5.74, 6) is 0. The van der Waals surface area contributed by atoms with Gasteiger partial charge in [0, 0.05) is 12.2 Å². The van der Waals surface area contributed by atoms with Crippen LogP contribution in [0.3, 0.4) is 0 Å². The number of rotatable bonds is 3. The minimum absolute atomic E-state index is 0.0630. The zero-order chi connectivity index (χ0) is 13.8. The highest BCUT2D eigenvalue weighted by Crippen LogP contribution is 2.15. The molecule has 0 heterocycles. The average Bonchev–Trinajstić information content (AvgIpc) is 2.26. The van der Waals surface area contributed by atoms with Crippen LogP contribution in [0.2, 0.25) is 0 Å². The first-order valence-corrected chi connectivity index (χ1v) is 6.11. The van der Waals surface area contributed by atoms with Crippen molar-refractivity contribution >= 4 is 11.7 Å². The molecule has 0 radical (unpaired) electrons. The zero-order valence-corrected chi connectivity index (χ0v) is 11.4. The summed E-state index contributed by atoms with van der Waals surface area (Å²) in [6, 6.07) is 6.93. The Bertz CT molecular complexity index is 391. The van der Waals surface area contributed by atoms with E-state index >= 15 is 0 Å². The quantitative estimate of drug-likeness (QED) is 0.772. The van der Waals surface area contributed by atoms with Gasteiger partial charge in [-0.05, 0) is 30.0 Å². The highest BCUT2D eigenvalue weighted by atomic mass is 16.3. The predicted octanol–water partition coefficient (Wildman–Crippen LogP) is 2.91. The van der Waals surface area contributed by atoms with E-state index in [4.69, 9.17) is 0 Å². The van der Waals surface area contributed by atoms with Gasteiger partial charge in [-0.25, -0.2) is 4.79 Å². The largest absolute Gasteiger partial charge is 0.389 e. The summed E-state index contributed by atoms with van der Waals surface area (Å²) < 4.78 is 0. The molecule has 0 fully saturated rings. The Morgan fingerprint density at radius 2 is 1.83 bits per heavy atom. The second-order valence-electron chi connectivity index (χ2n) is 5.67. The minimum Gasteiger partial charge on any atom is -0.389 e. The second kappa shape index (κ2) is 5.87. The van der Waals surface area contributed by atoms with Crippen molar-refractivity contribution in [3.8, 4) is 0 Å². The van der Waals surface area contributed by atoms with Crippen LogP contribution in [0.4, 0.5) is 10.5 Å². The van der Waals surface area contributed by atoms with Crippen LogP contribution in [0, 0.1) is 5.41 Å². The molecule has 0 aliphatic rings. The number of aliphatic hydroxyl groups excluding tert-OH is 1. The predicted molar refractivity (Wildman–Crippen MR) is 73.6 cm³/mol. The molecule has 1 unspecified atom stereocenters. The number of carbonyl (C=O) groups is 1. The molecule has 0 aliphatic heterocycles. The van der Waals surface area contributed by atoms with Crippen molar-refractivity contribution in [1.82, 2.24) is 5.32 Å². The Hall–Kier alpha value is -1.55. The third-order valence-corrected chi connectivity index (χ3v) is 2.43. The molecular formula is C14H22N2O2. The van der Waals surface area contributed by atoms with Crippen LogP contribution in [-0.4, -0.2) is 17.7 Å². The topological polar surface area (TPSA) is 61.4 Å². The molecule has 0 bridgehead atoms. The first-order chi connectivity index (χ1) is 8.28. The van der Waals surface area contributed by atoms with Crippen molar-refractivity contribution in [3.63, 3.8) is 0 Å². The average molecular weight is 250 g/mol. The molecule has 4 nitrogen and oxygen atoms in total. The minimum atomic E-state index is -0.492. The molecule has 0 spiro atoms. The van der Waals surface area contributed by atoms with Gasteiger partial charge in [0.15, 0.2) is 0 Å². The lowest BCUT2D eigenvalue weighted by atomic mass is 9.97. The first-order valence-electron chi connectivity index (χ1n) is 6.11. The van der Waals surface area contributed by atoms with Gasteiger partial charge in [0.2, 0.25) is 0 Å². The molecular weight excluding hydrogens is 228 g/mol. The van der Waals surface area contributed by atoms with E-state index in [0.29, 0.717) is 12.2 Å². The monoisotopic (exact) mass is 250 g/mol. The van der Waals surface area contributed by atoms with E-state index in [2.05, 4.69) is 31.4 Å². The molecule has 1 aromatic carbocycles. The van der Waals surface area contributed by atoms with Crippen LogP contribution in [0.25, 0.3) is 0 Å². The fraction of sp³-hybridized carbons (Fsp3) is 0.500. The van der Waals surface area contributed by atoms with Gasteiger partial charge < -0.3 is 15.7 Å².